The predicted molar refractivity (Wildman–Crippen MR) is 94.0 cm³/mol. The molecule has 1 aromatic carbocycles. The maximum atomic E-state index is 12.2. The number of ether oxygens (including phenoxy) is 2. The average Bonchev–Trinajstić information content (AvgIpc) is 2.67. The van der Waals surface area contributed by atoms with Gasteiger partial charge in [-0.2, -0.15) is 0 Å². The number of nitrogens with zero attached hydrogens (tertiary/aromatic N) is 4. The molecular formula is C17H19ClN4O3. The van der Waals surface area contributed by atoms with Crippen LogP contribution in [0.4, 0.5) is 10.6 Å². The van der Waals surface area contributed by atoms with E-state index in [-0.39, 0.29) is 17.9 Å². The lowest BCUT2D eigenvalue weighted by Crippen LogP contribution is -2.49. The van der Waals surface area contributed by atoms with Crippen LogP contribution in [0.2, 0.25) is 5.15 Å². The number of carbonyl (C=O) groups is 1. The van der Waals surface area contributed by atoms with Gasteiger partial charge < -0.3 is 19.3 Å². The Balaban J connectivity index is 1.55. The van der Waals surface area contributed by atoms with E-state index >= 15 is 0 Å². The molecule has 0 saturated carbocycles. The Kier molecular flexibility index (Phi) is 5.55. The van der Waals surface area contributed by atoms with Crippen molar-refractivity contribution in [3.05, 3.63) is 47.4 Å². The van der Waals surface area contributed by atoms with Gasteiger partial charge in [-0.15, -0.1) is 0 Å². The van der Waals surface area contributed by atoms with Gasteiger partial charge in [-0.05, 0) is 5.56 Å². The topological polar surface area (TPSA) is 67.8 Å². The third kappa shape index (κ3) is 4.11. The van der Waals surface area contributed by atoms with E-state index in [1.165, 1.54) is 13.4 Å². The van der Waals surface area contributed by atoms with Crippen molar-refractivity contribution in [1.29, 1.82) is 0 Å². The van der Waals surface area contributed by atoms with Crippen LogP contribution in [-0.2, 0) is 11.3 Å². The third-order valence-corrected chi connectivity index (χ3v) is 4.26. The van der Waals surface area contributed by atoms with Crippen molar-refractivity contribution in [3.8, 4) is 5.75 Å². The van der Waals surface area contributed by atoms with Gasteiger partial charge >= 0.3 is 6.09 Å². The lowest BCUT2D eigenvalue weighted by Gasteiger charge is -2.35. The Bertz CT molecular complexity index is 721. The number of benzene rings is 1. The van der Waals surface area contributed by atoms with Gasteiger partial charge in [-0.3, -0.25) is 0 Å². The Morgan fingerprint density at radius 2 is 1.88 bits per heavy atom. The first-order valence-corrected chi connectivity index (χ1v) is 8.32. The van der Waals surface area contributed by atoms with E-state index in [4.69, 9.17) is 21.1 Å². The number of anilines is 1. The molecule has 0 bridgehead atoms. The van der Waals surface area contributed by atoms with E-state index in [0.29, 0.717) is 37.7 Å². The van der Waals surface area contributed by atoms with Gasteiger partial charge in [0, 0.05) is 26.2 Å². The molecule has 0 unspecified atom stereocenters. The molecule has 1 saturated heterocycles. The molecule has 8 heteroatoms. The number of aromatic nitrogens is 2. The first-order chi connectivity index (χ1) is 12.2. The van der Waals surface area contributed by atoms with Crippen LogP contribution in [0.1, 0.15) is 5.56 Å². The third-order valence-electron chi connectivity index (χ3n) is 3.99. The summed E-state index contributed by atoms with van der Waals surface area (Å²) in [6.45, 7) is 2.58. The first kappa shape index (κ1) is 17.3. The van der Waals surface area contributed by atoms with Crippen LogP contribution in [-0.4, -0.2) is 54.2 Å². The van der Waals surface area contributed by atoms with Crippen molar-refractivity contribution >= 4 is 23.5 Å². The summed E-state index contributed by atoms with van der Waals surface area (Å²) in [7, 11) is 1.53. The molecule has 2 aromatic rings. The first-order valence-electron chi connectivity index (χ1n) is 7.94. The molecule has 0 N–H and O–H groups in total. The maximum Gasteiger partial charge on any atom is 0.410 e. The lowest BCUT2D eigenvalue weighted by molar-refractivity contribution is 0.0941. The Morgan fingerprint density at radius 3 is 2.56 bits per heavy atom. The van der Waals surface area contributed by atoms with Crippen molar-refractivity contribution in [1.82, 2.24) is 14.9 Å². The second-order valence-corrected chi connectivity index (χ2v) is 5.89. The highest BCUT2D eigenvalue weighted by molar-refractivity contribution is 6.31. The molecule has 1 aromatic heterocycles. The summed E-state index contributed by atoms with van der Waals surface area (Å²) >= 11 is 6.04. The van der Waals surface area contributed by atoms with Crippen LogP contribution in [0.3, 0.4) is 0 Å². The molecule has 25 heavy (non-hydrogen) atoms. The number of hydrogen-bond donors (Lipinski definition) is 0. The summed E-state index contributed by atoms with van der Waals surface area (Å²) in [6, 6.07) is 9.62. The van der Waals surface area contributed by atoms with Crippen LogP contribution in [0, 0.1) is 0 Å². The van der Waals surface area contributed by atoms with E-state index in [9.17, 15) is 4.79 Å². The second-order valence-electron chi connectivity index (χ2n) is 5.54. The van der Waals surface area contributed by atoms with E-state index in [2.05, 4.69) is 9.97 Å². The highest BCUT2D eigenvalue weighted by atomic mass is 35.5. The SMILES string of the molecule is COc1c(Cl)ncnc1N1CCN(C(=O)OCc2ccccc2)CC1. The largest absolute Gasteiger partial charge is 0.490 e. The summed E-state index contributed by atoms with van der Waals surface area (Å²) in [5.41, 5.74) is 0.967. The summed E-state index contributed by atoms with van der Waals surface area (Å²) < 4.78 is 10.7. The van der Waals surface area contributed by atoms with Gasteiger partial charge in [-0.1, -0.05) is 41.9 Å². The van der Waals surface area contributed by atoms with Crippen molar-refractivity contribution < 1.29 is 14.3 Å². The fourth-order valence-corrected chi connectivity index (χ4v) is 2.86. The molecule has 1 amide bonds. The molecule has 0 radical (unpaired) electrons. The van der Waals surface area contributed by atoms with Gasteiger partial charge in [0.05, 0.1) is 7.11 Å². The summed E-state index contributed by atoms with van der Waals surface area (Å²) in [6.07, 6.45) is 1.09. The number of hydrogen-bond acceptors (Lipinski definition) is 6. The van der Waals surface area contributed by atoms with Crippen LogP contribution in [0.5, 0.6) is 5.75 Å². The molecule has 0 aliphatic carbocycles. The minimum absolute atomic E-state index is 0.273. The molecule has 7 nitrogen and oxygen atoms in total. The molecule has 1 aliphatic rings. The molecule has 2 heterocycles. The van der Waals surface area contributed by atoms with Gasteiger partial charge in [0.25, 0.3) is 0 Å². The zero-order valence-electron chi connectivity index (χ0n) is 13.9. The molecular weight excluding hydrogens is 344 g/mol. The zero-order valence-corrected chi connectivity index (χ0v) is 14.6. The van der Waals surface area contributed by atoms with Crippen molar-refractivity contribution in [3.63, 3.8) is 0 Å². The van der Waals surface area contributed by atoms with Crippen LogP contribution in [0.15, 0.2) is 36.7 Å². The van der Waals surface area contributed by atoms with Crippen molar-refractivity contribution in [2.75, 3.05) is 38.2 Å². The molecule has 1 aliphatic heterocycles. The van der Waals surface area contributed by atoms with E-state index in [1.807, 2.05) is 35.2 Å². The monoisotopic (exact) mass is 362 g/mol. The van der Waals surface area contributed by atoms with Crippen LogP contribution in [0.25, 0.3) is 0 Å². The van der Waals surface area contributed by atoms with E-state index < -0.39 is 0 Å². The number of methoxy groups -OCH3 is 1. The zero-order chi connectivity index (χ0) is 17.6. The summed E-state index contributed by atoms with van der Waals surface area (Å²) in [4.78, 5) is 24.1. The molecule has 1 fully saturated rings. The standard InChI is InChI=1S/C17H19ClN4O3/c1-24-14-15(18)19-12-20-16(14)21-7-9-22(10-8-21)17(23)25-11-13-5-3-2-4-6-13/h2-6,12H,7-11H2,1H3. The lowest BCUT2D eigenvalue weighted by atomic mass is 10.2. The fraction of sp³-hybridized carbons (Fsp3) is 0.353. The number of piperazine rings is 1. The quantitative estimate of drug-likeness (QED) is 0.779. The molecule has 3 rings (SSSR count). The second kappa shape index (κ2) is 8.02. The van der Waals surface area contributed by atoms with Gasteiger partial charge in [0.1, 0.15) is 12.9 Å². The fourth-order valence-electron chi connectivity index (χ4n) is 2.66. The van der Waals surface area contributed by atoms with Gasteiger partial charge in [-0.25, -0.2) is 14.8 Å². The number of carbonyl (C=O) groups excluding carboxylic acids is 1. The summed E-state index contributed by atoms with van der Waals surface area (Å²) in [5, 5.41) is 0.275. The summed E-state index contributed by atoms with van der Waals surface area (Å²) in [5.74, 6) is 1.09. The highest BCUT2D eigenvalue weighted by Crippen LogP contribution is 2.31. The maximum absolute atomic E-state index is 12.2. The van der Waals surface area contributed by atoms with Crippen molar-refractivity contribution in [2.24, 2.45) is 0 Å². The number of halogens is 1. The van der Waals surface area contributed by atoms with Crippen LogP contribution < -0.4 is 9.64 Å². The van der Waals surface area contributed by atoms with Crippen molar-refractivity contribution in [2.45, 2.75) is 6.61 Å². The number of amides is 1. The van der Waals surface area contributed by atoms with Gasteiger partial charge in [0.2, 0.25) is 0 Å². The van der Waals surface area contributed by atoms with Gasteiger partial charge in [0.15, 0.2) is 16.7 Å². The molecule has 0 atom stereocenters. The normalized spacial score (nSPS) is 14.3. The predicted octanol–water partition coefficient (Wildman–Crippen LogP) is 2.60. The Hall–Kier alpha value is -2.54. The van der Waals surface area contributed by atoms with E-state index in [0.717, 1.165) is 5.56 Å². The molecule has 0 spiro atoms. The highest BCUT2D eigenvalue weighted by Gasteiger charge is 2.25. The average molecular weight is 363 g/mol. The Labute approximate surface area is 151 Å². The molecule has 132 valence electrons. The minimum Gasteiger partial charge on any atom is -0.490 e. The Morgan fingerprint density at radius 1 is 1.16 bits per heavy atom. The minimum atomic E-state index is -0.309. The van der Waals surface area contributed by atoms with E-state index in [1.54, 1.807) is 4.90 Å². The smallest absolute Gasteiger partial charge is 0.410 e. The van der Waals surface area contributed by atoms with Crippen LogP contribution >= 0.6 is 11.6 Å². The number of rotatable bonds is 4.